The lowest BCUT2D eigenvalue weighted by Crippen LogP contribution is -2.31. The van der Waals surface area contributed by atoms with Crippen LogP contribution < -0.4 is 15.5 Å². The van der Waals surface area contributed by atoms with E-state index in [2.05, 4.69) is 20.6 Å². The van der Waals surface area contributed by atoms with E-state index in [-0.39, 0.29) is 18.7 Å². The summed E-state index contributed by atoms with van der Waals surface area (Å²) in [5.74, 6) is 1.34. The van der Waals surface area contributed by atoms with Gasteiger partial charge in [-0.3, -0.25) is 4.90 Å². The first-order valence-corrected chi connectivity index (χ1v) is 11.8. The summed E-state index contributed by atoms with van der Waals surface area (Å²) in [6.07, 6.45) is 1.62. The fraction of sp³-hybridized carbons (Fsp3) is 0.261. The van der Waals surface area contributed by atoms with Crippen molar-refractivity contribution in [2.24, 2.45) is 0 Å². The van der Waals surface area contributed by atoms with E-state index in [0.29, 0.717) is 28.8 Å². The highest BCUT2D eigenvalue weighted by atomic mass is 32.2. The second kappa shape index (κ2) is 10.9. The fourth-order valence-electron chi connectivity index (χ4n) is 2.96. The number of hydrogen-bond donors (Lipinski definition) is 3. The van der Waals surface area contributed by atoms with Crippen LogP contribution in [0.25, 0.3) is 11.4 Å². The van der Waals surface area contributed by atoms with Gasteiger partial charge in [-0.1, -0.05) is 29.4 Å². The van der Waals surface area contributed by atoms with Crippen molar-refractivity contribution in [1.82, 2.24) is 9.97 Å². The summed E-state index contributed by atoms with van der Waals surface area (Å²) in [7, 11) is 1.69. The lowest BCUT2D eigenvalue weighted by Gasteiger charge is -2.18. The van der Waals surface area contributed by atoms with Crippen LogP contribution >= 0.6 is 0 Å². The summed E-state index contributed by atoms with van der Waals surface area (Å²) in [6.45, 7) is 1.80. The van der Waals surface area contributed by atoms with Gasteiger partial charge in [-0.05, 0) is 43.3 Å². The van der Waals surface area contributed by atoms with Gasteiger partial charge in [-0.2, -0.15) is 0 Å². The summed E-state index contributed by atoms with van der Waals surface area (Å²) in [5, 5.41) is 15.3. The number of aliphatic hydroxyl groups is 1. The molecule has 2 aromatic carbocycles. The molecule has 3 rings (SSSR count). The molecule has 32 heavy (non-hydrogen) atoms. The molecule has 2 atom stereocenters. The van der Waals surface area contributed by atoms with Gasteiger partial charge in [0.05, 0.1) is 18.6 Å². The third-order valence-corrected chi connectivity index (χ3v) is 5.34. The first kappa shape index (κ1) is 23.5. The molecule has 168 valence electrons. The molecule has 2 amide bonds. The molecule has 0 saturated carbocycles. The van der Waals surface area contributed by atoms with E-state index in [1.54, 1.807) is 19.4 Å². The number of rotatable bonds is 8. The Labute approximate surface area is 190 Å². The molecule has 1 aromatic heterocycles. The van der Waals surface area contributed by atoms with Crippen molar-refractivity contribution in [1.29, 1.82) is 0 Å². The average molecular weight is 454 g/mol. The number of carbonyl (C=O) groups is 1. The SMILES string of the molecule is C[C@@H](CO)Nc1cc(C[S+](C)[O-])nc(-c2ccc(N(C)C(=O)Nc3ccccc3)cc2)n1. The van der Waals surface area contributed by atoms with Gasteiger partial charge < -0.3 is 20.3 Å². The van der Waals surface area contributed by atoms with E-state index in [4.69, 9.17) is 0 Å². The van der Waals surface area contributed by atoms with E-state index in [1.165, 1.54) is 4.90 Å². The highest BCUT2D eigenvalue weighted by Gasteiger charge is 2.14. The summed E-state index contributed by atoms with van der Waals surface area (Å²) >= 11 is -1.05. The van der Waals surface area contributed by atoms with E-state index >= 15 is 0 Å². The molecule has 3 N–H and O–H groups in total. The minimum atomic E-state index is -1.05. The number of anilines is 3. The molecule has 9 heteroatoms. The topological polar surface area (TPSA) is 113 Å². The molecule has 1 heterocycles. The Morgan fingerprint density at radius 1 is 1.16 bits per heavy atom. The second-order valence-corrected chi connectivity index (χ2v) is 8.85. The number of amides is 2. The molecule has 3 aromatic rings. The maximum Gasteiger partial charge on any atom is 0.326 e. The van der Waals surface area contributed by atoms with Gasteiger partial charge in [0.25, 0.3) is 0 Å². The van der Waals surface area contributed by atoms with Gasteiger partial charge in [-0.25, -0.2) is 14.8 Å². The van der Waals surface area contributed by atoms with Crippen LogP contribution in [0.4, 0.5) is 22.0 Å². The van der Waals surface area contributed by atoms with Crippen molar-refractivity contribution < 1.29 is 14.5 Å². The molecular formula is C23H27N5O3S. The molecule has 0 aliphatic rings. The molecule has 8 nitrogen and oxygen atoms in total. The zero-order valence-electron chi connectivity index (χ0n) is 18.3. The van der Waals surface area contributed by atoms with E-state index in [0.717, 1.165) is 11.3 Å². The first-order valence-electron chi connectivity index (χ1n) is 10.1. The fourth-order valence-corrected chi connectivity index (χ4v) is 3.53. The number of benzene rings is 2. The second-order valence-electron chi connectivity index (χ2n) is 7.42. The third kappa shape index (κ3) is 6.43. The summed E-state index contributed by atoms with van der Waals surface area (Å²) in [4.78, 5) is 23.1. The molecule has 1 unspecified atom stereocenters. The molecule has 0 aliphatic heterocycles. The monoisotopic (exact) mass is 453 g/mol. The van der Waals surface area contributed by atoms with Gasteiger partial charge >= 0.3 is 6.03 Å². The van der Waals surface area contributed by atoms with Crippen LogP contribution in [-0.2, 0) is 16.9 Å². The van der Waals surface area contributed by atoms with Crippen molar-refractivity contribution >= 4 is 34.4 Å². The van der Waals surface area contributed by atoms with Crippen LogP contribution in [0.5, 0.6) is 0 Å². The lowest BCUT2D eigenvalue weighted by molar-refractivity contribution is 0.258. The van der Waals surface area contributed by atoms with Crippen molar-refractivity contribution in [2.75, 3.05) is 35.4 Å². The smallest absolute Gasteiger partial charge is 0.326 e. The van der Waals surface area contributed by atoms with Gasteiger partial charge in [-0.15, -0.1) is 0 Å². The minimum absolute atomic E-state index is 0.0412. The van der Waals surface area contributed by atoms with E-state index in [1.807, 2.05) is 61.5 Å². The van der Waals surface area contributed by atoms with E-state index < -0.39 is 11.2 Å². The number of aromatic nitrogens is 2. The van der Waals surface area contributed by atoms with Gasteiger partial charge in [0, 0.05) is 36.1 Å². The lowest BCUT2D eigenvalue weighted by atomic mass is 10.2. The largest absolute Gasteiger partial charge is 0.616 e. The van der Waals surface area contributed by atoms with Crippen LogP contribution in [0.3, 0.4) is 0 Å². The normalized spacial score (nSPS) is 12.7. The van der Waals surface area contributed by atoms with Crippen LogP contribution in [-0.4, -0.2) is 51.6 Å². The molecule has 0 fully saturated rings. The molecule has 0 radical (unpaired) electrons. The molecule has 0 spiro atoms. The third-order valence-electron chi connectivity index (χ3n) is 4.64. The van der Waals surface area contributed by atoms with Crippen molar-refractivity contribution in [3.63, 3.8) is 0 Å². The van der Waals surface area contributed by atoms with Gasteiger partial charge in [0.1, 0.15) is 11.6 Å². The van der Waals surface area contributed by atoms with Crippen molar-refractivity contribution in [3.8, 4) is 11.4 Å². The standard InChI is InChI=1S/C23H27N5O3S/c1-16(14-29)24-21-13-19(15-32(3)31)25-22(27-21)17-9-11-20(12-10-17)28(2)23(30)26-18-7-5-4-6-8-18/h4-13,16,29H,14-15H2,1-3H3,(H,26,30)(H,24,25,27)/t16-,32?/m0/s1. The number of carbonyl (C=O) groups excluding carboxylic acids is 1. The Bertz CT molecular complexity index is 1030. The Kier molecular flexibility index (Phi) is 8.04. The first-order chi connectivity index (χ1) is 15.4. The van der Waals surface area contributed by atoms with Crippen LogP contribution in [0, 0.1) is 0 Å². The summed E-state index contributed by atoms with van der Waals surface area (Å²) in [5.41, 5.74) is 2.83. The predicted octanol–water partition coefficient (Wildman–Crippen LogP) is 3.48. The predicted molar refractivity (Wildman–Crippen MR) is 129 cm³/mol. The maximum atomic E-state index is 12.5. The highest BCUT2D eigenvalue weighted by molar-refractivity contribution is 7.89. The maximum absolute atomic E-state index is 12.5. The summed E-state index contributed by atoms with van der Waals surface area (Å²) < 4.78 is 11.7. The summed E-state index contributed by atoms with van der Waals surface area (Å²) in [6, 6.07) is 17.9. The van der Waals surface area contributed by atoms with Crippen LogP contribution in [0.15, 0.2) is 60.7 Å². The molecule has 0 saturated heterocycles. The number of hydrogen-bond acceptors (Lipinski definition) is 6. The van der Waals surface area contributed by atoms with Crippen molar-refractivity contribution in [2.45, 2.75) is 18.7 Å². The molecule has 0 bridgehead atoms. The highest BCUT2D eigenvalue weighted by Crippen LogP contribution is 2.23. The molecule has 0 aliphatic carbocycles. The average Bonchev–Trinajstić information content (AvgIpc) is 2.78. The van der Waals surface area contributed by atoms with Crippen molar-refractivity contribution in [3.05, 3.63) is 66.4 Å². The van der Waals surface area contributed by atoms with Crippen LogP contribution in [0.2, 0.25) is 0 Å². The quantitative estimate of drug-likeness (QED) is 0.450. The van der Waals surface area contributed by atoms with Crippen LogP contribution in [0.1, 0.15) is 12.6 Å². The zero-order valence-corrected chi connectivity index (χ0v) is 19.1. The Morgan fingerprint density at radius 2 is 1.84 bits per heavy atom. The minimum Gasteiger partial charge on any atom is -0.616 e. The number of aliphatic hydroxyl groups excluding tert-OH is 1. The number of para-hydroxylation sites is 1. The number of nitrogens with zero attached hydrogens (tertiary/aromatic N) is 3. The molecular weight excluding hydrogens is 426 g/mol. The Hall–Kier alpha value is -3.14. The Morgan fingerprint density at radius 3 is 2.47 bits per heavy atom. The van der Waals surface area contributed by atoms with E-state index in [9.17, 15) is 14.5 Å². The van der Waals surface area contributed by atoms with Gasteiger partial charge in [0.2, 0.25) is 0 Å². The number of urea groups is 1. The zero-order chi connectivity index (χ0) is 23.1. The number of nitrogens with one attached hydrogen (secondary N) is 2. The Balaban J connectivity index is 1.80. The van der Waals surface area contributed by atoms with Gasteiger partial charge in [0.15, 0.2) is 5.82 Å².